The number of aliphatic hydroxyl groups is 1. The molecule has 0 radical (unpaired) electrons. The standard InChI is InChI=1S/C17H22O3/c18-12-14-17-9-5-4-8-16(17,10-11-19-17)15(20-14)13-6-2-1-3-7-13/h1-3,6-7,14-15,18H,4-5,8-12H2/t14-,15-,16-,17+/m0/s1. The SMILES string of the molecule is OC[C@@H]1O[C@@H](c2ccccc2)[C@@]23CCCC[C@@]12OCC3. The van der Waals surface area contributed by atoms with Crippen molar-refractivity contribution in [1.82, 2.24) is 0 Å². The van der Waals surface area contributed by atoms with Gasteiger partial charge >= 0.3 is 0 Å². The van der Waals surface area contributed by atoms with Gasteiger partial charge in [0.1, 0.15) is 11.7 Å². The molecule has 3 nitrogen and oxygen atoms in total. The summed E-state index contributed by atoms with van der Waals surface area (Å²) in [7, 11) is 0. The first-order valence-electron chi connectivity index (χ1n) is 7.78. The van der Waals surface area contributed by atoms with E-state index in [1.54, 1.807) is 0 Å². The first-order chi connectivity index (χ1) is 9.82. The fourth-order valence-electron chi connectivity index (χ4n) is 4.94. The third-order valence-electron chi connectivity index (χ3n) is 5.76. The fraction of sp³-hybridized carbons (Fsp3) is 0.647. The van der Waals surface area contributed by atoms with Crippen LogP contribution < -0.4 is 0 Å². The highest BCUT2D eigenvalue weighted by Gasteiger charge is 2.70. The molecule has 1 aromatic rings. The summed E-state index contributed by atoms with van der Waals surface area (Å²) in [5.41, 5.74) is 1.06. The van der Waals surface area contributed by atoms with Gasteiger partial charge in [-0.1, -0.05) is 43.2 Å². The first-order valence-corrected chi connectivity index (χ1v) is 7.78. The molecule has 0 bridgehead atoms. The topological polar surface area (TPSA) is 38.7 Å². The lowest BCUT2D eigenvalue weighted by atomic mass is 9.59. The van der Waals surface area contributed by atoms with Crippen LogP contribution in [0.15, 0.2) is 30.3 Å². The van der Waals surface area contributed by atoms with Gasteiger partial charge in [-0.05, 0) is 24.8 Å². The van der Waals surface area contributed by atoms with Gasteiger partial charge < -0.3 is 14.6 Å². The van der Waals surface area contributed by atoms with Crippen LogP contribution in [0.3, 0.4) is 0 Å². The summed E-state index contributed by atoms with van der Waals surface area (Å²) in [5.74, 6) is 0. The Bertz CT molecular complexity index is 488. The maximum atomic E-state index is 9.80. The smallest absolute Gasteiger partial charge is 0.111 e. The van der Waals surface area contributed by atoms with E-state index < -0.39 is 0 Å². The fourth-order valence-corrected chi connectivity index (χ4v) is 4.94. The van der Waals surface area contributed by atoms with Gasteiger partial charge in [0.15, 0.2) is 0 Å². The van der Waals surface area contributed by atoms with Crippen molar-refractivity contribution in [2.24, 2.45) is 5.41 Å². The quantitative estimate of drug-likeness (QED) is 0.901. The zero-order valence-corrected chi connectivity index (χ0v) is 11.8. The molecule has 4 atom stereocenters. The summed E-state index contributed by atoms with van der Waals surface area (Å²) in [5, 5.41) is 9.80. The molecule has 1 aliphatic carbocycles. The van der Waals surface area contributed by atoms with Gasteiger partial charge in [-0.25, -0.2) is 0 Å². The van der Waals surface area contributed by atoms with Gasteiger partial charge in [0.2, 0.25) is 0 Å². The molecule has 1 aromatic carbocycles. The second kappa shape index (κ2) is 4.55. The van der Waals surface area contributed by atoms with Crippen LogP contribution >= 0.6 is 0 Å². The number of hydrogen-bond acceptors (Lipinski definition) is 3. The summed E-state index contributed by atoms with van der Waals surface area (Å²) in [6.07, 6.45) is 5.58. The molecule has 3 aliphatic rings. The predicted octanol–water partition coefficient (Wildman–Crippen LogP) is 2.84. The molecule has 0 spiro atoms. The predicted molar refractivity (Wildman–Crippen MR) is 75.3 cm³/mol. The minimum atomic E-state index is -0.249. The van der Waals surface area contributed by atoms with Crippen molar-refractivity contribution in [3.63, 3.8) is 0 Å². The van der Waals surface area contributed by atoms with E-state index >= 15 is 0 Å². The normalized spacial score (nSPS) is 43.2. The van der Waals surface area contributed by atoms with E-state index in [1.807, 2.05) is 6.07 Å². The Hall–Kier alpha value is -0.900. The molecule has 3 fully saturated rings. The highest BCUT2D eigenvalue weighted by Crippen LogP contribution is 2.66. The minimum Gasteiger partial charge on any atom is -0.394 e. The number of ether oxygens (including phenoxy) is 2. The molecular formula is C17H22O3. The lowest BCUT2D eigenvalue weighted by Gasteiger charge is -2.45. The van der Waals surface area contributed by atoms with Crippen LogP contribution in [0.4, 0.5) is 0 Å². The van der Waals surface area contributed by atoms with Crippen LogP contribution in [-0.2, 0) is 9.47 Å². The second-order valence-electron chi connectivity index (χ2n) is 6.45. The van der Waals surface area contributed by atoms with Crippen LogP contribution in [0.1, 0.15) is 43.8 Å². The van der Waals surface area contributed by atoms with Crippen molar-refractivity contribution >= 4 is 0 Å². The maximum absolute atomic E-state index is 9.80. The number of rotatable bonds is 2. The monoisotopic (exact) mass is 274 g/mol. The minimum absolute atomic E-state index is 0.0606. The Labute approximate surface area is 119 Å². The Morgan fingerprint density at radius 3 is 2.70 bits per heavy atom. The molecule has 20 heavy (non-hydrogen) atoms. The Balaban J connectivity index is 1.82. The number of aliphatic hydroxyl groups excluding tert-OH is 1. The molecule has 2 saturated heterocycles. The third-order valence-corrected chi connectivity index (χ3v) is 5.76. The molecule has 3 heteroatoms. The van der Waals surface area contributed by atoms with Crippen LogP contribution in [0.2, 0.25) is 0 Å². The summed E-state index contributed by atoms with van der Waals surface area (Å²) >= 11 is 0. The van der Waals surface area contributed by atoms with Crippen LogP contribution in [0.5, 0.6) is 0 Å². The van der Waals surface area contributed by atoms with Gasteiger partial charge in [-0.3, -0.25) is 0 Å². The van der Waals surface area contributed by atoms with E-state index in [0.717, 1.165) is 25.9 Å². The summed E-state index contributed by atoms with van der Waals surface area (Å²) in [6.45, 7) is 0.869. The van der Waals surface area contributed by atoms with Crippen LogP contribution in [0.25, 0.3) is 0 Å². The summed E-state index contributed by atoms with van der Waals surface area (Å²) in [6, 6.07) is 10.5. The third kappa shape index (κ3) is 1.46. The van der Waals surface area contributed by atoms with E-state index in [-0.39, 0.29) is 29.8 Å². The molecule has 108 valence electrons. The van der Waals surface area contributed by atoms with Crippen molar-refractivity contribution in [2.45, 2.75) is 49.9 Å². The van der Waals surface area contributed by atoms with Gasteiger partial charge in [0, 0.05) is 12.0 Å². The number of hydrogen-bond donors (Lipinski definition) is 1. The molecule has 2 heterocycles. The molecule has 0 amide bonds. The first kappa shape index (κ1) is 12.8. The maximum Gasteiger partial charge on any atom is 0.111 e. The molecule has 0 unspecified atom stereocenters. The molecule has 1 saturated carbocycles. The molecular weight excluding hydrogens is 252 g/mol. The van der Waals surface area contributed by atoms with E-state index in [9.17, 15) is 5.11 Å². The average Bonchev–Trinajstić information content (AvgIpc) is 3.01. The average molecular weight is 274 g/mol. The van der Waals surface area contributed by atoms with Gasteiger partial charge in [-0.2, -0.15) is 0 Å². The van der Waals surface area contributed by atoms with E-state index in [1.165, 1.54) is 18.4 Å². The molecule has 4 rings (SSSR count). The van der Waals surface area contributed by atoms with Gasteiger partial charge in [0.25, 0.3) is 0 Å². The highest BCUT2D eigenvalue weighted by atomic mass is 16.6. The molecule has 1 N–H and O–H groups in total. The number of benzene rings is 1. The van der Waals surface area contributed by atoms with Crippen molar-refractivity contribution in [3.05, 3.63) is 35.9 Å². The van der Waals surface area contributed by atoms with Crippen LogP contribution in [-0.4, -0.2) is 30.0 Å². The largest absolute Gasteiger partial charge is 0.394 e. The summed E-state index contributed by atoms with van der Waals surface area (Å²) in [4.78, 5) is 0. The Morgan fingerprint density at radius 1 is 1.10 bits per heavy atom. The van der Waals surface area contributed by atoms with E-state index in [2.05, 4.69) is 24.3 Å². The lowest BCUT2D eigenvalue weighted by Crippen LogP contribution is -2.52. The highest BCUT2D eigenvalue weighted by molar-refractivity contribution is 5.28. The molecule has 0 aromatic heterocycles. The van der Waals surface area contributed by atoms with Crippen molar-refractivity contribution in [1.29, 1.82) is 0 Å². The zero-order valence-electron chi connectivity index (χ0n) is 11.8. The second-order valence-corrected chi connectivity index (χ2v) is 6.45. The summed E-state index contributed by atoms with van der Waals surface area (Å²) < 4.78 is 12.5. The Kier molecular flexibility index (Phi) is 2.92. The molecule has 2 aliphatic heterocycles. The zero-order chi connectivity index (χ0) is 13.6. The lowest BCUT2D eigenvalue weighted by molar-refractivity contribution is -0.115. The van der Waals surface area contributed by atoms with E-state index in [4.69, 9.17) is 9.47 Å². The van der Waals surface area contributed by atoms with Crippen molar-refractivity contribution in [3.8, 4) is 0 Å². The van der Waals surface area contributed by atoms with E-state index in [0.29, 0.717) is 0 Å². The Morgan fingerprint density at radius 2 is 1.90 bits per heavy atom. The van der Waals surface area contributed by atoms with Gasteiger partial charge in [-0.15, -0.1) is 0 Å². The van der Waals surface area contributed by atoms with Crippen molar-refractivity contribution in [2.75, 3.05) is 13.2 Å². The van der Waals surface area contributed by atoms with Crippen molar-refractivity contribution < 1.29 is 14.6 Å². The van der Waals surface area contributed by atoms with Gasteiger partial charge in [0.05, 0.1) is 12.7 Å². The van der Waals surface area contributed by atoms with Crippen LogP contribution in [0, 0.1) is 5.41 Å².